The minimum absolute atomic E-state index is 1.20. The summed E-state index contributed by atoms with van der Waals surface area (Å²) < 4.78 is 0. The summed E-state index contributed by atoms with van der Waals surface area (Å²) in [7, 11) is 3.69. The molecule has 0 aliphatic carbocycles. The van der Waals surface area contributed by atoms with E-state index in [0.717, 1.165) is 0 Å². The second kappa shape index (κ2) is 5.84. The Hall–Kier alpha value is -0.290. The van der Waals surface area contributed by atoms with Crippen LogP contribution in [0.1, 0.15) is 0 Å². The molecule has 3 nitrogen and oxygen atoms in total. The van der Waals surface area contributed by atoms with Gasteiger partial charge in [-0.25, -0.2) is 4.79 Å². The van der Waals surface area contributed by atoms with Gasteiger partial charge in [0.05, 0.1) is 0 Å². The summed E-state index contributed by atoms with van der Waals surface area (Å²) in [5, 5.41) is 9.31. The van der Waals surface area contributed by atoms with Crippen LogP contribution >= 0.6 is 21.6 Å². The maximum absolute atomic E-state index is 8.78. The molecular weight excluding hydrogens is 158 g/mol. The number of carboxylic acid groups (broad SMARTS) is 1. The molecule has 0 aromatic heterocycles. The van der Waals surface area contributed by atoms with E-state index < -0.39 is 6.09 Å². The quantitative estimate of drug-likeness (QED) is 0.534. The second-order valence-corrected chi connectivity index (χ2v) is 3.41. The number of nitrogens with two attached hydrogens (primary N) is 1. The lowest BCUT2D eigenvalue weighted by molar-refractivity contribution is 0.205. The van der Waals surface area contributed by atoms with Gasteiger partial charge in [-0.15, -0.1) is 0 Å². The van der Waals surface area contributed by atoms with E-state index >= 15 is 0 Å². The zero-order valence-electron chi connectivity index (χ0n) is 4.61. The van der Waals surface area contributed by atoms with Gasteiger partial charge in [-0.2, -0.15) is 0 Å². The van der Waals surface area contributed by atoms with E-state index in [2.05, 4.69) is 17.2 Å². The Bertz CT molecular complexity index is 105. The summed E-state index contributed by atoms with van der Waals surface area (Å²) in [6.07, 6.45) is 0.829. The molecule has 1 aliphatic rings. The molecule has 52 valence electrons. The van der Waals surface area contributed by atoms with Crippen molar-refractivity contribution in [2.24, 2.45) is 5.73 Å². The van der Waals surface area contributed by atoms with Crippen LogP contribution < -0.4 is 5.73 Å². The average Bonchev–Trinajstić information content (AvgIpc) is 2.11. The number of hydrogen-bond donors (Lipinski definition) is 2. The number of rotatable bonds is 0. The summed E-state index contributed by atoms with van der Waals surface area (Å²) in [5.41, 5.74) is 4.03. The summed E-state index contributed by atoms with van der Waals surface area (Å²) in [6, 6.07) is 0. The molecule has 0 aromatic rings. The second-order valence-electron chi connectivity index (χ2n) is 1.09. The first-order chi connectivity index (χ1) is 4.23. The lowest BCUT2D eigenvalue weighted by atomic mass is 10.8. The smallest absolute Gasteiger partial charge is 0.402 e. The molecule has 0 fully saturated rings. The molecule has 9 heavy (non-hydrogen) atoms. The standard InChI is InChI=1S/C3H4S2.CH3NO2/c1-2-4-5-3-1;2-1(3)4/h1-2H,3H2;2H2,(H,3,4). The molecule has 0 unspecified atom stereocenters. The van der Waals surface area contributed by atoms with E-state index in [1.54, 1.807) is 0 Å². The third-order valence-corrected chi connectivity index (χ3v) is 2.30. The van der Waals surface area contributed by atoms with Crippen LogP contribution in [0.15, 0.2) is 11.5 Å². The van der Waals surface area contributed by atoms with E-state index in [1.165, 1.54) is 5.75 Å². The molecule has 0 atom stereocenters. The summed E-state index contributed by atoms with van der Waals surface area (Å²) >= 11 is 0. The van der Waals surface area contributed by atoms with Gasteiger partial charge in [0.15, 0.2) is 0 Å². The summed E-state index contributed by atoms with van der Waals surface area (Å²) in [6.45, 7) is 0. The van der Waals surface area contributed by atoms with Crippen molar-refractivity contribution in [3.05, 3.63) is 11.5 Å². The fraction of sp³-hybridized carbons (Fsp3) is 0.250. The molecule has 5 heteroatoms. The Labute approximate surface area is 61.1 Å². The van der Waals surface area contributed by atoms with E-state index in [1.807, 2.05) is 21.6 Å². The Morgan fingerprint density at radius 2 is 2.33 bits per heavy atom. The van der Waals surface area contributed by atoms with Crippen LogP contribution in [0, 0.1) is 0 Å². The first-order valence-corrected chi connectivity index (χ1v) is 4.53. The Balaban J connectivity index is 0.000000148. The van der Waals surface area contributed by atoms with Crippen molar-refractivity contribution in [3.63, 3.8) is 0 Å². The monoisotopic (exact) mass is 165 g/mol. The normalized spacial score (nSPS) is 14.2. The lowest BCUT2D eigenvalue weighted by Gasteiger charge is -1.69. The predicted octanol–water partition coefficient (Wildman–Crippen LogP) is 1.52. The molecule has 0 bridgehead atoms. The van der Waals surface area contributed by atoms with Gasteiger partial charge in [-0.1, -0.05) is 27.7 Å². The molecule has 1 rings (SSSR count). The Morgan fingerprint density at radius 3 is 2.44 bits per heavy atom. The van der Waals surface area contributed by atoms with Crippen LogP contribution in [-0.4, -0.2) is 17.0 Å². The van der Waals surface area contributed by atoms with Crippen LogP contribution in [0.25, 0.3) is 0 Å². The summed E-state index contributed by atoms with van der Waals surface area (Å²) in [5.74, 6) is 1.20. The van der Waals surface area contributed by atoms with Crippen molar-refractivity contribution in [2.45, 2.75) is 0 Å². The minimum atomic E-state index is -1.33. The molecule has 0 aromatic carbocycles. The maximum atomic E-state index is 8.78. The molecule has 1 aliphatic heterocycles. The average molecular weight is 165 g/mol. The SMILES string of the molecule is C1=CSSC1.NC(=O)O. The molecular formula is C4H7NO2S2. The predicted molar refractivity (Wildman–Crippen MR) is 41.4 cm³/mol. The minimum Gasteiger partial charge on any atom is -0.465 e. The first kappa shape index (κ1) is 8.71. The fourth-order valence-corrected chi connectivity index (χ4v) is 1.77. The highest BCUT2D eigenvalue weighted by Gasteiger charge is 1.85. The lowest BCUT2D eigenvalue weighted by Crippen LogP contribution is -2.03. The molecule has 0 radical (unpaired) electrons. The molecule has 1 heterocycles. The van der Waals surface area contributed by atoms with Crippen molar-refractivity contribution >= 4 is 27.7 Å². The van der Waals surface area contributed by atoms with Crippen molar-refractivity contribution in [1.82, 2.24) is 0 Å². The van der Waals surface area contributed by atoms with Crippen molar-refractivity contribution in [2.75, 3.05) is 5.75 Å². The van der Waals surface area contributed by atoms with E-state index in [-0.39, 0.29) is 0 Å². The van der Waals surface area contributed by atoms with E-state index in [9.17, 15) is 0 Å². The number of hydrogen-bond acceptors (Lipinski definition) is 3. The molecule has 0 saturated carbocycles. The van der Waals surface area contributed by atoms with E-state index in [0.29, 0.717) is 0 Å². The fourth-order valence-electron chi connectivity index (χ4n) is 0.196. The molecule has 0 spiro atoms. The van der Waals surface area contributed by atoms with Gasteiger partial charge in [0.25, 0.3) is 0 Å². The summed E-state index contributed by atoms with van der Waals surface area (Å²) in [4.78, 5) is 8.78. The van der Waals surface area contributed by atoms with Gasteiger partial charge >= 0.3 is 6.09 Å². The van der Waals surface area contributed by atoms with Gasteiger partial charge in [-0.3, -0.25) is 0 Å². The van der Waals surface area contributed by atoms with Gasteiger partial charge in [0.2, 0.25) is 0 Å². The largest absolute Gasteiger partial charge is 0.465 e. The first-order valence-electron chi connectivity index (χ1n) is 2.15. The van der Waals surface area contributed by atoms with E-state index in [4.69, 9.17) is 9.90 Å². The van der Waals surface area contributed by atoms with Gasteiger partial charge in [0.1, 0.15) is 0 Å². The van der Waals surface area contributed by atoms with Crippen LogP contribution in [-0.2, 0) is 0 Å². The van der Waals surface area contributed by atoms with Crippen LogP contribution in [0.2, 0.25) is 0 Å². The molecule has 3 N–H and O–H groups in total. The van der Waals surface area contributed by atoms with Gasteiger partial charge in [-0.05, 0) is 5.41 Å². The number of amides is 1. The Morgan fingerprint density at radius 1 is 1.78 bits per heavy atom. The highest BCUT2D eigenvalue weighted by molar-refractivity contribution is 8.78. The van der Waals surface area contributed by atoms with Gasteiger partial charge in [0, 0.05) is 5.75 Å². The third-order valence-electron chi connectivity index (χ3n) is 0.384. The molecule has 0 saturated heterocycles. The highest BCUT2D eigenvalue weighted by atomic mass is 33.1. The van der Waals surface area contributed by atoms with Crippen LogP contribution in [0.3, 0.4) is 0 Å². The van der Waals surface area contributed by atoms with Crippen LogP contribution in [0.4, 0.5) is 4.79 Å². The van der Waals surface area contributed by atoms with Crippen LogP contribution in [0.5, 0.6) is 0 Å². The van der Waals surface area contributed by atoms with Crippen molar-refractivity contribution in [3.8, 4) is 0 Å². The maximum Gasteiger partial charge on any atom is 0.402 e. The highest BCUT2D eigenvalue weighted by Crippen LogP contribution is 2.27. The zero-order valence-corrected chi connectivity index (χ0v) is 6.24. The van der Waals surface area contributed by atoms with Crippen molar-refractivity contribution < 1.29 is 9.90 Å². The Kier molecular flexibility index (Phi) is 5.65. The van der Waals surface area contributed by atoms with Gasteiger partial charge < -0.3 is 10.8 Å². The van der Waals surface area contributed by atoms with Crippen molar-refractivity contribution in [1.29, 1.82) is 0 Å². The number of primary amides is 1. The number of carbonyl (C=O) groups is 1. The zero-order chi connectivity index (χ0) is 7.11. The third kappa shape index (κ3) is 11.3. The molecule has 1 amide bonds. The topological polar surface area (TPSA) is 63.3 Å².